The minimum absolute atomic E-state index is 0.141. The third-order valence-electron chi connectivity index (χ3n) is 2.96. The number of carboxylic acids is 1. The van der Waals surface area contributed by atoms with Crippen molar-refractivity contribution >= 4 is 5.97 Å². The predicted octanol–water partition coefficient (Wildman–Crippen LogP) is 1.75. The fraction of sp³-hybridized carbons (Fsp3) is 0.286. The first-order valence-corrected chi connectivity index (χ1v) is 6.17. The van der Waals surface area contributed by atoms with Crippen LogP contribution in [-0.2, 0) is 13.1 Å². The third kappa shape index (κ3) is 3.36. The number of aromatic nitrogens is 2. The van der Waals surface area contributed by atoms with Crippen molar-refractivity contribution in [1.29, 1.82) is 0 Å². The van der Waals surface area contributed by atoms with Gasteiger partial charge in [0.05, 0.1) is 13.3 Å². The maximum absolute atomic E-state index is 11.0. The number of ether oxygens (including phenoxy) is 1. The second kappa shape index (κ2) is 6.21. The largest absolute Gasteiger partial charge is 0.497 e. The number of hydrogen-bond acceptors (Lipinski definition) is 4. The van der Waals surface area contributed by atoms with Gasteiger partial charge < -0.3 is 9.84 Å². The maximum atomic E-state index is 11.0. The molecule has 0 aliphatic carbocycles. The first-order chi connectivity index (χ1) is 9.60. The lowest BCUT2D eigenvalue weighted by molar-refractivity contribution is 0.0688. The Hall–Kier alpha value is -2.34. The second-order valence-electron chi connectivity index (χ2n) is 4.60. The fourth-order valence-corrected chi connectivity index (χ4v) is 2.05. The van der Waals surface area contributed by atoms with Crippen LogP contribution in [0.4, 0.5) is 0 Å². The Morgan fingerprint density at radius 2 is 2.25 bits per heavy atom. The van der Waals surface area contributed by atoms with Gasteiger partial charge in [0.25, 0.3) is 0 Å². The standard InChI is InChI=1S/C14H17N3O3/c1-17(8-10-4-3-5-12(6-10)20-2)9-11-7-15-16-13(11)14(18)19/h3-7H,8-9H2,1-2H3,(H,15,16)(H,18,19). The normalized spacial score (nSPS) is 10.8. The van der Waals surface area contributed by atoms with Gasteiger partial charge in [-0.25, -0.2) is 4.79 Å². The second-order valence-corrected chi connectivity index (χ2v) is 4.60. The van der Waals surface area contributed by atoms with Crippen molar-refractivity contribution in [3.05, 3.63) is 47.3 Å². The number of nitrogens with one attached hydrogen (secondary N) is 1. The van der Waals surface area contributed by atoms with Crippen molar-refractivity contribution in [2.45, 2.75) is 13.1 Å². The molecule has 0 fully saturated rings. The number of aromatic amines is 1. The molecule has 2 N–H and O–H groups in total. The summed E-state index contributed by atoms with van der Waals surface area (Å²) >= 11 is 0. The Morgan fingerprint density at radius 3 is 2.95 bits per heavy atom. The average molecular weight is 275 g/mol. The average Bonchev–Trinajstić information content (AvgIpc) is 2.87. The lowest BCUT2D eigenvalue weighted by Gasteiger charge is -2.16. The van der Waals surface area contributed by atoms with E-state index in [9.17, 15) is 4.79 Å². The van der Waals surface area contributed by atoms with Crippen LogP contribution >= 0.6 is 0 Å². The lowest BCUT2D eigenvalue weighted by Crippen LogP contribution is -2.18. The number of carboxylic acid groups (broad SMARTS) is 1. The smallest absolute Gasteiger partial charge is 0.354 e. The number of benzene rings is 1. The number of methoxy groups -OCH3 is 1. The van der Waals surface area contributed by atoms with Crippen molar-refractivity contribution in [3.8, 4) is 5.75 Å². The summed E-state index contributed by atoms with van der Waals surface area (Å²) < 4.78 is 5.18. The van der Waals surface area contributed by atoms with E-state index in [1.807, 2.05) is 36.2 Å². The van der Waals surface area contributed by atoms with Gasteiger partial charge in [-0.05, 0) is 24.7 Å². The summed E-state index contributed by atoms with van der Waals surface area (Å²) in [5.74, 6) is -0.183. The SMILES string of the molecule is COc1cccc(CN(C)Cc2cn[nH]c2C(=O)O)c1. The third-order valence-corrected chi connectivity index (χ3v) is 2.96. The topological polar surface area (TPSA) is 78.5 Å². The maximum Gasteiger partial charge on any atom is 0.354 e. The van der Waals surface area contributed by atoms with Gasteiger partial charge in [0.2, 0.25) is 0 Å². The van der Waals surface area contributed by atoms with E-state index < -0.39 is 5.97 Å². The molecule has 0 amide bonds. The monoisotopic (exact) mass is 275 g/mol. The number of nitrogens with zero attached hydrogens (tertiary/aromatic N) is 2. The molecule has 0 aliphatic heterocycles. The first kappa shape index (κ1) is 14.1. The lowest BCUT2D eigenvalue weighted by atomic mass is 10.2. The minimum atomic E-state index is -0.993. The highest BCUT2D eigenvalue weighted by atomic mass is 16.5. The van der Waals surface area contributed by atoms with Crippen molar-refractivity contribution < 1.29 is 14.6 Å². The number of H-pyrrole nitrogens is 1. The highest BCUT2D eigenvalue weighted by molar-refractivity contribution is 5.86. The zero-order valence-electron chi connectivity index (χ0n) is 11.5. The molecular formula is C14H17N3O3. The zero-order valence-corrected chi connectivity index (χ0v) is 11.5. The van der Waals surface area contributed by atoms with Crippen LogP contribution in [0.3, 0.4) is 0 Å². The number of rotatable bonds is 6. The molecule has 0 saturated carbocycles. The Labute approximate surface area is 117 Å². The molecule has 0 saturated heterocycles. The summed E-state index contributed by atoms with van der Waals surface area (Å²) in [6.45, 7) is 1.21. The zero-order chi connectivity index (χ0) is 14.5. The molecule has 1 aromatic heterocycles. The molecule has 0 radical (unpaired) electrons. The molecule has 0 spiro atoms. The predicted molar refractivity (Wildman–Crippen MR) is 73.7 cm³/mol. The molecule has 6 heteroatoms. The molecule has 0 aliphatic rings. The van der Waals surface area contributed by atoms with Crippen LogP contribution in [0.1, 0.15) is 21.6 Å². The van der Waals surface area contributed by atoms with Gasteiger partial charge in [-0.1, -0.05) is 12.1 Å². The summed E-state index contributed by atoms with van der Waals surface area (Å²) in [6, 6.07) is 7.79. The molecule has 1 aromatic carbocycles. The van der Waals surface area contributed by atoms with Gasteiger partial charge in [-0.3, -0.25) is 10.00 Å². The van der Waals surface area contributed by atoms with E-state index in [1.165, 1.54) is 0 Å². The molecule has 6 nitrogen and oxygen atoms in total. The van der Waals surface area contributed by atoms with Crippen molar-refractivity contribution in [2.24, 2.45) is 0 Å². The summed E-state index contributed by atoms with van der Waals surface area (Å²) in [5.41, 5.74) is 1.91. The summed E-state index contributed by atoms with van der Waals surface area (Å²) in [6.07, 6.45) is 1.55. The van der Waals surface area contributed by atoms with Crippen LogP contribution in [0.2, 0.25) is 0 Å². The summed E-state index contributed by atoms with van der Waals surface area (Å²) in [7, 11) is 3.56. The Bertz CT molecular complexity index is 595. The van der Waals surface area contributed by atoms with Crippen molar-refractivity contribution in [1.82, 2.24) is 15.1 Å². The van der Waals surface area contributed by atoms with E-state index in [0.29, 0.717) is 18.7 Å². The van der Waals surface area contributed by atoms with Crippen LogP contribution in [0, 0.1) is 0 Å². The van der Waals surface area contributed by atoms with Crippen LogP contribution in [0.25, 0.3) is 0 Å². The van der Waals surface area contributed by atoms with E-state index in [4.69, 9.17) is 9.84 Å². The highest BCUT2D eigenvalue weighted by Gasteiger charge is 2.14. The quantitative estimate of drug-likeness (QED) is 0.839. The highest BCUT2D eigenvalue weighted by Crippen LogP contribution is 2.15. The molecule has 2 aromatic rings. The van der Waals surface area contributed by atoms with E-state index in [1.54, 1.807) is 13.3 Å². The molecular weight excluding hydrogens is 258 g/mol. The van der Waals surface area contributed by atoms with E-state index in [2.05, 4.69) is 10.2 Å². The molecule has 0 unspecified atom stereocenters. The Morgan fingerprint density at radius 1 is 1.45 bits per heavy atom. The Balaban J connectivity index is 2.03. The van der Waals surface area contributed by atoms with E-state index in [-0.39, 0.29) is 5.69 Å². The van der Waals surface area contributed by atoms with Crippen molar-refractivity contribution in [2.75, 3.05) is 14.2 Å². The number of carbonyl (C=O) groups is 1. The fourth-order valence-electron chi connectivity index (χ4n) is 2.05. The van der Waals surface area contributed by atoms with Gasteiger partial charge in [-0.15, -0.1) is 0 Å². The van der Waals surface area contributed by atoms with Gasteiger partial charge >= 0.3 is 5.97 Å². The summed E-state index contributed by atoms with van der Waals surface area (Å²) in [5, 5.41) is 15.3. The van der Waals surface area contributed by atoms with Gasteiger partial charge in [0.15, 0.2) is 0 Å². The van der Waals surface area contributed by atoms with Gasteiger partial charge in [0, 0.05) is 18.7 Å². The van der Waals surface area contributed by atoms with Crippen molar-refractivity contribution in [3.63, 3.8) is 0 Å². The Kier molecular flexibility index (Phi) is 4.37. The van der Waals surface area contributed by atoms with Crippen LogP contribution < -0.4 is 4.74 Å². The minimum Gasteiger partial charge on any atom is -0.497 e. The number of aromatic carboxylic acids is 1. The molecule has 20 heavy (non-hydrogen) atoms. The molecule has 0 atom stereocenters. The molecule has 2 rings (SSSR count). The summed E-state index contributed by atoms with van der Waals surface area (Å²) in [4.78, 5) is 13.0. The van der Waals surface area contributed by atoms with E-state index >= 15 is 0 Å². The van der Waals surface area contributed by atoms with Crippen LogP contribution in [-0.4, -0.2) is 40.3 Å². The first-order valence-electron chi connectivity index (χ1n) is 6.17. The molecule has 0 bridgehead atoms. The van der Waals surface area contributed by atoms with Crippen LogP contribution in [0.5, 0.6) is 5.75 Å². The van der Waals surface area contributed by atoms with Crippen LogP contribution in [0.15, 0.2) is 30.5 Å². The molecule has 1 heterocycles. The number of hydrogen-bond donors (Lipinski definition) is 2. The van der Waals surface area contributed by atoms with Gasteiger partial charge in [0.1, 0.15) is 11.4 Å². The van der Waals surface area contributed by atoms with E-state index in [0.717, 1.165) is 11.3 Å². The molecule has 106 valence electrons. The van der Waals surface area contributed by atoms with Gasteiger partial charge in [-0.2, -0.15) is 5.10 Å².